The molecule has 1 saturated heterocycles. The van der Waals surface area contributed by atoms with Crippen LogP contribution in [0.1, 0.15) is 31.7 Å². The Bertz CT molecular complexity index is 600. The van der Waals surface area contributed by atoms with Gasteiger partial charge >= 0.3 is 0 Å². The van der Waals surface area contributed by atoms with E-state index >= 15 is 0 Å². The van der Waals surface area contributed by atoms with Crippen molar-refractivity contribution < 1.29 is 4.79 Å². The van der Waals surface area contributed by atoms with Crippen molar-refractivity contribution in [3.05, 3.63) is 36.9 Å². The highest BCUT2D eigenvalue weighted by molar-refractivity contribution is 5.76. The zero-order chi connectivity index (χ0) is 15.9. The fourth-order valence-electron chi connectivity index (χ4n) is 2.88. The zero-order valence-corrected chi connectivity index (χ0v) is 13.1. The Morgan fingerprint density at radius 1 is 1.26 bits per heavy atom. The summed E-state index contributed by atoms with van der Waals surface area (Å²) in [6.45, 7) is 2.31. The summed E-state index contributed by atoms with van der Waals surface area (Å²) in [5.41, 5.74) is 0. The van der Waals surface area contributed by atoms with Crippen LogP contribution in [0.4, 0.5) is 5.95 Å². The highest BCUT2D eigenvalue weighted by Crippen LogP contribution is 2.21. The second kappa shape index (κ2) is 7.71. The number of likely N-dealkylation sites (tertiary alicyclic amines) is 1. The minimum atomic E-state index is 0.220. The normalized spacial score (nSPS) is 17.9. The standard InChI is InChI=1S/C16H22N6O/c23-15(6-1-7-17-16-18-8-3-9-19-16)21-11-2-5-14(13-21)22-12-4-10-20-22/h3-4,8-10,12,14H,1-2,5-7,11,13H2,(H,17,18,19)/t14-/m1/s1. The van der Waals surface area contributed by atoms with Crippen LogP contribution in [0.25, 0.3) is 0 Å². The molecule has 1 fully saturated rings. The van der Waals surface area contributed by atoms with Crippen molar-refractivity contribution in [2.24, 2.45) is 0 Å². The molecule has 2 aromatic heterocycles. The monoisotopic (exact) mass is 314 g/mol. The number of hydrogen-bond acceptors (Lipinski definition) is 5. The number of rotatable bonds is 6. The number of aromatic nitrogens is 4. The average molecular weight is 314 g/mol. The molecule has 3 heterocycles. The van der Waals surface area contributed by atoms with E-state index in [0.717, 1.165) is 32.4 Å². The van der Waals surface area contributed by atoms with Gasteiger partial charge in [-0.15, -0.1) is 0 Å². The average Bonchev–Trinajstić information content (AvgIpc) is 3.14. The molecule has 23 heavy (non-hydrogen) atoms. The van der Waals surface area contributed by atoms with Crippen LogP contribution >= 0.6 is 0 Å². The van der Waals surface area contributed by atoms with Crippen molar-refractivity contribution in [1.29, 1.82) is 0 Å². The number of nitrogens with one attached hydrogen (secondary N) is 1. The maximum Gasteiger partial charge on any atom is 0.222 e. The summed E-state index contributed by atoms with van der Waals surface area (Å²) in [6.07, 6.45) is 10.6. The number of carbonyl (C=O) groups is 1. The molecular weight excluding hydrogens is 292 g/mol. The molecule has 0 spiro atoms. The third-order valence-corrected chi connectivity index (χ3v) is 4.06. The van der Waals surface area contributed by atoms with Crippen LogP contribution in [0.15, 0.2) is 36.9 Å². The van der Waals surface area contributed by atoms with Crippen LogP contribution in [0.3, 0.4) is 0 Å². The number of hydrogen-bond donors (Lipinski definition) is 1. The van der Waals surface area contributed by atoms with Crippen LogP contribution in [-0.4, -0.2) is 50.2 Å². The van der Waals surface area contributed by atoms with E-state index in [0.29, 0.717) is 25.0 Å². The molecule has 1 atom stereocenters. The fourth-order valence-corrected chi connectivity index (χ4v) is 2.88. The van der Waals surface area contributed by atoms with E-state index in [-0.39, 0.29) is 5.91 Å². The Balaban J connectivity index is 1.41. The molecule has 1 aliphatic heterocycles. The van der Waals surface area contributed by atoms with E-state index in [1.165, 1.54) is 0 Å². The first kappa shape index (κ1) is 15.5. The topological polar surface area (TPSA) is 75.9 Å². The van der Waals surface area contributed by atoms with Gasteiger partial charge in [0.05, 0.1) is 6.04 Å². The fraction of sp³-hybridized carbons (Fsp3) is 0.500. The predicted molar refractivity (Wildman–Crippen MR) is 86.8 cm³/mol. The van der Waals surface area contributed by atoms with Crippen molar-refractivity contribution in [3.63, 3.8) is 0 Å². The largest absolute Gasteiger partial charge is 0.354 e. The summed E-state index contributed by atoms with van der Waals surface area (Å²) in [4.78, 5) is 22.5. The molecule has 1 aliphatic rings. The Labute approximate surface area is 135 Å². The molecule has 0 bridgehead atoms. The number of anilines is 1. The molecule has 2 aromatic rings. The first-order valence-corrected chi connectivity index (χ1v) is 8.11. The first-order valence-electron chi connectivity index (χ1n) is 8.11. The van der Waals surface area contributed by atoms with Gasteiger partial charge in [0.2, 0.25) is 11.9 Å². The van der Waals surface area contributed by atoms with Crippen molar-refractivity contribution in [2.45, 2.75) is 31.7 Å². The molecule has 1 amide bonds. The van der Waals surface area contributed by atoms with E-state index < -0.39 is 0 Å². The van der Waals surface area contributed by atoms with Crippen molar-refractivity contribution in [3.8, 4) is 0 Å². The van der Waals surface area contributed by atoms with Gasteiger partial charge in [0.15, 0.2) is 0 Å². The quantitative estimate of drug-likeness (QED) is 0.822. The number of amides is 1. The molecule has 0 saturated carbocycles. The SMILES string of the molecule is O=C(CCCNc1ncccn1)N1CCC[C@@H](n2cccn2)C1. The Morgan fingerprint density at radius 3 is 2.91 bits per heavy atom. The van der Waals surface area contributed by atoms with Gasteiger partial charge in [-0.25, -0.2) is 9.97 Å². The Kier molecular flexibility index (Phi) is 5.18. The maximum atomic E-state index is 12.4. The van der Waals surface area contributed by atoms with Gasteiger partial charge in [-0.05, 0) is 31.4 Å². The van der Waals surface area contributed by atoms with E-state index in [1.807, 2.05) is 21.8 Å². The molecule has 1 N–H and O–H groups in total. The van der Waals surface area contributed by atoms with Crippen molar-refractivity contribution in [2.75, 3.05) is 25.0 Å². The summed E-state index contributed by atoms with van der Waals surface area (Å²) < 4.78 is 1.97. The van der Waals surface area contributed by atoms with Gasteiger partial charge in [-0.1, -0.05) is 0 Å². The molecule has 0 unspecified atom stereocenters. The van der Waals surface area contributed by atoms with Crippen molar-refractivity contribution in [1.82, 2.24) is 24.6 Å². The smallest absolute Gasteiger partial charge is 0.222 e. The highest BCUT2D eigenvalue weighted by Gasteiger charge is 2.24. The van der Waals surface area contributed by atoms with Crippen LogP contribution in [0, 0.1) is 0 Å². The van der Waals surface area contributed by atoms with Gasteiger partial charge in [-0.3, -0.25) is 9.48 Å². The maximum absolute atomic E-state index is 12.4. The third-order valence-electron chi connectivity index (χ3n) is 4.06. The minimum absolute atomic E-state index is 0.220. The van der Waals surface area contributed by atoms with E-state index in [9.17, 15) is 4.79 Å². The molecule has 0 aromatic carbocycles. The third kappa shape index (κ3) is 4.28. The van der Waals surface area contributed by atoms with Crippen molar-refractivity contribution >= 4 is 11.9 Å². The number of piperidine rings is 1. The van der Waals surface area contributed by atoms with Gasteiger partial charge in [0.1, 0.15) is 0 Å². The lowest BCUT2D eigenvalue weighted by Crippen LogP contribution is -2.40. The molecule has 7 nitrogen and oxygen atoms in total. The Morgan fingerprint density at radius 2 is 2.13 bits per heavy atom. The molecule has 7 heteroatoms. The van der Waals surface area contributed by atoms with Gasteiger partial charge in [0, 0.05) is 50.8 Å². The van der Waals surface area contributed by atoms with E-state index in [1.54, 1.807) is 24.7 Å². The lowest BCUT2D eigenvalue weighted by Gasteiger charge is -2.33. The molecule has 3 rings (SSSR count). The second-order valence-electron chi connectivity index (χ2n) is 5.72. The van der Waals surface area contributed by atoms with Gasteiger partial charge in [0.25, 0.3) is 0 Å². The molecule has 0 aliphatic carbocycles. The summed E-state index contributed by atoms with van der Waals surface area (Å²) in [5, 5.41) is 7.42. The number of nitrogens with zero attached hydrogens (tertiary/aromatic N) is 5. The predicted octanol–water partition coefficient (Wildman–Crippen LogP) is 1.73. The van der Waals surface area contributed by atoms with Crippen LogP contribution in [0.5, 0.6) is 0 Å². The molecule has 122 valence electrons. The van der Waals surface area contributed by atoms with Crippen LogP contribution < -0.4 is 5.32 Å². The highest BCUT2D eigenvalue weighted by atomic mass is 16.2. The summed E-state index contributed by atoms with van der Waals surface area (Å²) in [5.74, 6) is 0.828. The van der Waals surface area contributed by atoms with E-state index in [2.05, 4.69) is 20.4 Å². The summed E-state index contributed by atoms with van der Waals surface area (Å²) in [6, 6.07) is 4.01. The lowest BCUT2D eigenvalue weighted by atomic mass is 10.1. The number of carbonyl (C=O) groups excluding carboxylic acids is 1. The summed E-state index contributed by atoms with van der Waals surface area (Å²) in [7, 11) is 0. The van der Waals surface area contributed by atoms with Gasteiger partial charge in [-0.2, -0.15) is 5.10 Å². The first-order chi connectivity index (χ1) is 11.3. The second-order valence-corrected chi connectivity index (χ2v) is 5.72. The van der Waals surface area contributed by atoms with Crippen LogP contribution in [0.2, 0.25) is 0 Å². The molecular formula is C16H22N6O. The zero-order valence-electron chi connectivity index (χ0n) is 13.1. The molecule has 0 radical (unpaired) electrons. The van der Waals surface area contributed by atoms with Gasteiger partial charge < -0.3 is 10.2 Å². The lowest BCUT2D eigenvalue weighted by molar-refractivity contribution is -0.132. The van der Waals surface area contributed by atoms with E-state index in [4.69, 9.17) is 0 Å². The minimum Gasteiger partial charge on any atom is -0.354 e. The Hall–Kier alpha value is -2.44. The van der Waals surface area contributed by atoms with Crippen LogP contribution in [-0.2, 0) is 4.79 Å². The summed E-state index contributed by atoms with van der Waals surface area (Å²) >= 11 is 0.